The number of ether oxygens (including phenoxy) is 1. The lowest BCUT2D eigenvalue weighted by atomic mass is 10.2. The number of nitrogens with two attached hydrogens (primary N) is 1. The van der Waals surface area contributed by atoms with Crippen molar-refractivity contribution in [1.82, 2.24) is 9.80 Å². The number of piperazine rings is 1. The summed E-state index contributed by atoms with van der Waals surface area (Å²) in [6, 6.07) is 8.06. The Morgan fingerprint density at radius 3 is 2.52 bits per heavy atom. The van der Waals surface area contributed by atoms with Gasteiger partial charge < -0.3 is 15.4 Å². The minimum absolute atomic E-state index is 0.564. The summed E-state index contributed by atoms with van der Waals surface area (Å²) in [6.45, 7) is 12.8. The second-order valence-electron chi connectivity index (χ2n) is 6.24. The van der Waals surface area contributed by atoms with Crippen molar-refractivity contribution in [3.8, 4) is 5.75 Å². The molecule has 1 heterocycles. The standard InChI is InChI=1S/C17H29N3O/c1-15(2)14-20-8-6-19(7-9-20)10-11-21-17-5-3-4-16(12-17)13-18/h3-5,12,15H,6-11,13-14,18H2,1-2H3. The zero-order chi connectivity index (χ0) is 15.1. The predicted molar refractivity (Wildman–Crippen MR) is 87.5 cm³/mol. The first-order valence-corrected chi connectivity index (χ1v) is 8.04. The zero-order valence-corrected chi connectivity index (χ0v) is 13.4. The number of benzene rings is 1. The van der Waals surface area contributed by atoms with Gasteiger partial charge in [-0.05, 0) is 23.6 Å². The Kier molecular flexibility index (Phi) is 6.49. The molecule has 1 aliphatic rings. The van der Waals surface area contributed by atoms with Crippen LogP contribution in [0.2, 0.25) is 0 Å². The van der Waals surface area contributed by atoms with E-state index < -0.39 is 0 Å². The molecule has 0 saturated carbocycles. The van der Waals surface area contributed by atoms with Gasteiger partial charge in [-0.15, -0.1) is 0 Å². The monoisotopic (exact) mass is 291 g/mol. The highest BCUT2D eigenvalue weighted by atomic mass is 16.5. The highest BCUT2D eigenvalue weighted by Crippen LogP contribution is 2.13. The molecular weight excluding hydrogens is 262 g/mol. The van der Waals surface area contributed by atoms with Gasteiger partial charge in [0.15, 0.2) is 0 Å². The van der Waals surface area contributed by atoms with Gasteiger partial charge in [0.05, 0.1) is 0 Å². The lowest BCUT2D eigenvalue weighted by molar-refractivity contribution is 0.109. The molecule has 0 amide bonds. The third kappa shape index (κ3) is 5.65. The van der Waals surface area contributed by atoms with Crippen molar-refractivity contribution in [2.24, 2.45) is 11.7 Å². The molecule has 4 nitrogen and oxygen atoms in total. The van der Waals surface area contributed by atoms with E-state index in [9.17, 15) is 0 Å². The van der Waals surface area contributed by atoms with Crippen LogP contribution in [-0.2, 0) is 6.54 Å². The zero-order valence-electron chi connectivity index (χ0n) is 13.4. The van der Waals surface area contributed by atoms with Crippen molar-refractivity contribution in [3.05, 3.63) is 29.8 Å². The third-order valence-electron chi connectivity index (χ3n) is 3.90. The summed E-state index contributed by atoms with van der Waals surface area (Å²) in [5.41, 5.74) is 6.76. The van der Waals surface area contributed by atoms with E-state index in [2.05, 4.69) is 23.6 Å². The number of hydrogen-bond donors (Lipinski definition) is 1. The fourth-order valence-electron chi connectivity index (χ4n) is 2.77. The van der Waals surface area contributed by atoms with Gasteiger partial charge in [-0.1, -0.05) is 26.0 Å². The quantitative estimate of drug-likeness (QED) is 0.832. The molecule has 0 aliphatic carbocycles. The lowest BCUT2D eigenvalue weighted by Gasteiger charge is -2.35. The Hall–Kier alpha value is -1.10. The average molecular weight is 291 g/mol. The van der Waals surface area contributed by atoms with Gasteiger partial charge in [0, 0.05) is 45.8 Å². The van der Waals surface area contributed by atoms with Crippen LogP contribution in [0.25, 0.3) is 0 Å². The van der Waals surface area contributed by atoms with Crippen molar-refractivity contribution in [1.29, 1.82) is 0 Å². The predicted octanol–water partition coefficient (Wildman–Crippen LogP) is 1.80. The van der Waals surface area contributed by atoms with Crippen molar-refractivity contribution in [2.75, 3.05) is 45.9 Å². The molecule has 0 unspecified atom stereocenters. The molecule has 0 atom stereocenters. The fourth-order valence-corrected chi connectivity index (χ4v) is 2.77. The van der Waals surface area contributed by atoms with E-state index in [0.29, 0.717) is 6.54 Å². The molecule has 0 spiro atoms. The largest absolute Gasteiger partial charge is 0.492 e. The van der Waals surface area contributed by atoms with Crippen LogP contribution in [0.15, 0.2) is 24.3 Å². The number of hydrogen-bond acceptors (Lipinski definition) is 4. The minimum Gasteiger partial charge on any atom is -0.492 e. The van der Waals surface area contributed by atoms with Crippen LogP contribution in [0, 0.1) is 5.92 Å². The van der Waals surface area contributed by atoms with Gasteiger partial charge in [0.25, 0.3) is 0 Å². The van der Waals surface area contributed by atoms with E-state index in [1.807, 2.05) is 24.3 Å². The smallest absolute Gasteiger partial charge is 0.119 e. The van der Waals surface area contributed by atoms with Crippen LogP contribution in [-0.4, -0.2) is 55.7 Å². The highest BCUT2D eigenvalue weighted by molar-refractivity contribution is 5.28. The topological polar surface area (TPSA) is 41.7 Å². The molecule has 1 aromatic rings. The van der Waals surface area contributed by atoms with E-state index >= 15 is 0 Å². The van der Waals surface area contributed by atoms with E-state index in [0.717, 1.165) is 43.5 Å². The summed E-state index contributed by atoms with van der Waals surface area (Å²) in [6.07, 6.45) is 0. The first-order valence-electron chi connectivity index (χ1n) is 8.04. The van der Waals surface area contributed by atoms with Crippen molar-refractivity contribution < 1.29 is 4.74 Å². The molecule has 2 N–H and O–H groups in total. The maximum atomic E-state index is 5.83. The first kappa shape index (κ1) is 16.3. The summed E-state index contributed by atoms with van der Waals surface area (Å²) in [4.78, 5) is 5.05. The molecule has 2 rings (SSSR count). The van der Waals surface area contributed by atoms with Gasteiger partial charge in [-0.25, -0.2) is 0 Å². The van der Waals surface area contributed by atoms with Crippen LogP contribution in [0.4, 0.5) is 0 Å². The first-order chi connectivity index (χ1) is 10.2. The van der Waals surface area contributed by atoms with Crippen LogP contribution < -0.4 is 10.5 Å². The van der Waals surface area contributed by atoms with Crippen molar-refractivity contribution >= 4 is 0 Å². The lowest BCUT2D eigenvalue weighted by Crippen LogP contribution is -2.48. The maximum absolute atomic E-state index is 5.83. The Morgan fingerprint density at radius 2 is 1.86 bits per heavy atom. The van der Waals surface area contributed by atoms with Crippen molar-refractivity contribution in [2.45, 2.75) is 20.4 Å². The number of rotatable bonds is 7. The van der Waals surface area contributed by atoms with E-state index in [1.165, 1.54) is 19.6 Å². The van der Waals surface area contributed by atoms with Crippen LogP contribution >= 0.6 is 0 Å². The highest BCUT2D eigenvalue weighted by Gasteiger charge is 2.16. The van der Waals surface area contributed by atoms with Gasteiger partial charge >= 0.3 is 0 Å². The molecule has 1 saturated heterocycles. The van der Waals surface area contributed by atoms with Gasteiger partial charge in [-0.3, -0.25) is 4.90 Å². The summed E-state index contributed by atoms with van der Waals surface area (Å²) in [5.74, 6) is 1.69. The molecule has 1 aromatic carbocycles. The van der Waals surface area contributed by atoms with Gasteiger partial charge in [0.1, 0.15) is 12.4 Å². The van der Waals surface area contributed by atoms with Crippen LogP contribution in [0.1, 0.15) is 19.4 Å². The molecule has 1 aliphatic heterocycles. The molecular formula is C17H29N3O. The summed E-state index contributed by atoms with van der Waals surface area (Å²) >= 11 is 0. The number of nitrogens with zero attached hydrogens (tertiary/aromatic N) is 2. The van der Waals surface area contributed by atoms with Crippen LogP contribution in [0.5, 0.6) is 5.75 Å². The van der Waals surface area contributed by atoms with E-state index in [4.69, 9.17) is 10.5 Å². The summed E-state index contributed by atoms with van der Waals surface area (Å²) in [7, 11) is 0. The molecule has 4 heteroatoms. The third-order valence-corrected chi connectivity index (χ3v) is 3.90. The molecule has 0 aromatic heterocycles. The second kappa shape index (κ2) is 8.37. The maximum Gasteiger partial charge on any atom is 0.119 e. The normalized spacial score (nSPS) is 17.3. The Bertz CT molecular complexity index is 414. The second-order valence-corrected chi connectivity index (χ2v) is 6.24. The molecule has 118 valence electrons. The van der Waals surface area contributed by atoms with Gasteiger partial charge in [-0.2, -0.15) is 0 Å². The Labute approximate surface area is 128 Å². The minimum atomic E-state index is 0.564. The molecule has 1 fully saturated rings. The summed E-state index contributed by atoms with van der Waals surface area (Å²) in [5, 5.41) is 0. The fraction of sp³-hybridized carbons (Fsp3) is 0.647. The SMILES string of the molecule is CC(C)CN1CCN(CCOc2cccc(CN)c2)CC1. The van der Waals surface area contributed by atoms with E-state index in [-0.39, 0.29) is 0 Å². The molecule has 21 heavy (non-hydrogen) atoms. The molecule has 0 bridgehead atoms. The van der Waals surface area contributed by atoms with E-state index in [1.54, 1.807) is 0 Å². The van der Waals surface area contributed by atoms with Crippen LogP contribution in [0.3, 0.4) is 0 Å². The Morgan fingerprint density at radius 1 is 1.14 bits per heavy atom. The average Bonchev–Trinajstić information content (AvgIpc) is 2.49. The van der Waals surface area contributed by atoms with Crippen molar-refractivity contribution in [3.63, 3.8) is 0 Å². The van der Waals surface area contributed by atoms with Gasteiger partial charge in [0.2, 0.25) is 0 Å². The Balaban J connectivity index is 1.65. The molecule has 0 radical (unpaired) electrons. The summed E-state index contributed by atoms with van der Waals surface area (Å²) < 4.78 is 5.83.